The van der Waals surface area contributed by atoms with Gasteiger partial charge in [-0.25, -0.2) is 0 Å². The molecule has 8 heteroatoms. The lowest BCUT2D eigenvalue weighted by molar-refractivity contribution is -0.123. The van der Waals surface area contributed by atoms with E-state index in [0.717, 1.165) is 9.87 Å². The molecule has 1 aromatic rings. The lowest BCUT2D eigenvalue weighted by Crippen LogP contribution is -2.50. The van der Waals surface area contributed by atoms with Crippen LogP contribution < -0.4 is 10.0 Å². The van der Waals surface area contributed by atoms with Gasteiger partial charge >= 0.3 is 0 Å². The van der Waals surface area contributed by atoms with Crippen LogP contribution in [0.25, 0.3) is 0 Å². The van der Waals surface area contributed by atoms with Crippen LogP contribution in [0.1, 0.15) is 25.8 Å². The zero-order chi connectivity index (χ0) is 16.8. The maximum absolute atomic E-state index is 12.3. The lowest BCUT2D eigenvalue weighted by atomic mass is 10.0. The molecule has 2 N–H and O–H groups in total. The molecule has 0 saturated carbocycles. The smallest absolute Gasteiger partial charge is 0.279 e. The molecule has 22 heavy (non-hydrogen) atoms. The summed E-state index contributed by atoms with van der Waals surface area (Å²) in [7, 11) is -0.823. The van der Waals surface area contributed by atoms with E-state index in [2.05, 4.69) is 15.0 Å². The first-order valence-electron chi connectivity index (χ1n) is 7.08. The first kappa shape index (κ1) is 18.5. The summed E-state index contributed by atoms with van der Waals surface area (Å²) in [6.45, 7) is 4.18. The van der Waals surface area contributed by atoms with Crippen molar-refractivity contribution in [1.82, 2.24) is 19.3 Å². The molecule has 0 fully saturated rings. The summed E-state index contributed by atoms with van der Waals surface area (Å²) in [6.07, 6.45) is 3.73. The Labute approximate surface area is 132 Å². The van der Waals surface area contributed by atoms with Crippen LogP contribution in [0.5, 0.6) is 0 Å². The second-order valence-corrected chi connectivity index (χ2v) is 7.58. The Morgan fingerprint density at radius 1 is 1.36 bits per heavy atom. The Morgan fingerprint density at radius 3 is 2.55 bits per heavy atom. The molecule has 1 aromatic heterocycles. The van der Waals surface area contributed by atoms with E-state index in [-0.39, 0.29) is 11.8 Å². The molecule has 1 heterocycles. The fourth-order valence-corrected chi connectivity index (χ4v) is 2.55. The van der Waals surface area contributed by atoms with Crippen molar-refractivity contribution in [1.29, 1.82) is 0 Å². The molecule has 0 aliphatic rings. The molecule has 0 aliphatic heterocycles. The quantitative estimate of drug-likeness (QED) is 0.727. The third kappa shape index (κ3) is 6.08. The van der Waals surface area contributed by atoms with Crippen molar-refractivity contribution in [2.45, 2.75) is 32.9 Å². The van der Waals surface area contributed by atoms with E-state index in [9.17, 15) is 13.2 Å². The second kappa shape index (κ2) is 8.21. The van der Waals surface area contributed by atoms with Gasteiger partial charge < -0.3 is 5.32 Å². The average Bonchev–Trinajstić information content (AvgIpc) is 2.44. The minimum atomic E-state index is -3.66. The molecule has 124 valence electrons. The van der Waals surface area contributed by atoms with Gasteiger partial charge in [-0.15, -0.1) is 0 Å². The first-order valence-corrected chi connectivity index (χ1v) is 8.52. The number of rotatable bonds is 8. The average molecular weight is 328 g/mol. The molecule has 0 bridgehead atoms. The van der Waals surface area contributed by atoms with Gasteiger partial charge in [-0.1, -0.05) is 19.9 Å². The third-order valence-electron chi connectivity index (χ3n) is 2.99. The Kier molecular flexibility index (Phi) is 6.92. The molecule has 0 aliphatic carbocycles. The summed E-state index contributed by atoms with van der Waals surface area (Å²) in [4.78, 5) is 16.2. The fourth-order valence-electron chi connectivity index (χ4n) is 1.78. The van der Waals surface area contributed by atoms with Gasteiger partial charge in [0.05, 0.1) is 0 Å². The van der Waals surface area contributed by atoms with Crippen LogP contribution in [-0.4, -0.2) is 43.8 Å². The van der Waals surface area contributed by atoms with Crippen molar-refractivity contribution in [3.63, 3.8) is 0 Å². The Bertz CT molecular complexity index is 573. The van der Waals surface area contributed by atoms with E-state index in [1.54, 1.807) is 18.5 Å². The van der Waals surface area contributed by atoms with Gasteiger partial charge in [0, 0.05) is 33.0 Å². The molecule has 1 rings (SSSR count). The highest BCUT2D eigenvalue weighted by Crippen LogP contribution is 2.07. The molecule has 0 radical (unpaired) electrons. The lowest BCUT2D eigenvalue weighted by Gasteiger charge is -2.22. The number of pyridine rings is 1. The number of hydrogen-bond donors (Lipinski definition) is 2. The van der Waals surface area contributed by atoms with Gasteiger partial charge in [0.1, 0.15) is 6.04 Å². The summed E-state index contributed by atoms with van der Waals surface area (Å²) >= 11 is 0. The van der Waals surface area contributed by atoms with Crippen molar-refractivity contribution in [2.24, 2.45) is 5.92 Å². The van der Waals surface area contributed by atoms with Crippen molar-refractivity contribution >= 4 is 16.1 Å². The van der Waals surface area contributed by atoms with Crippen LogP contribution in [-0.2, 0) is 21.5 Å². The summed E-state index contributed by atoms with van der Waals surface area (Å²) in [6, 6.07) is 2.82. The molecule has 7 nitrogen and oxygen atoms in total. The summed E-state index contributed by atoms with van der Waals surface area (Å²) in [5, 5.41) is 2.74. The predicted octanol–water partition coefficient (Wildman–Crippen LogP) is 0.509. The Balaban J connectivity index is 2.72. The van der Waals surface area contributed by atoms with Crippen LogP contribution in [0.2, 0.25) is 0 Å². The maximum atomic E-state index is 12.3. The van der Waals surface area contributed by atoms with E-state index >= 15 is 0 Å². The maximum Gasteiger partial charge on any atom is 0.279 e. The van der Waals surface area contributed by atoms with Crippen LogP contribution in [0.15, 0.2) is 24.5 Å². The number of hydrogen-bond acceptors (Lipinski definition) is 4. The second-order valence-electron chi connectivity index (χ2n) is 5.67. The highest BCUT2D eigenvalue weighted by atomic mass is 32.2. The number of aromatic nitrogens is 1. The number of amides is 1. The minimum absolute atomic E-state index is 0.180. The largest absolute Gasteiger partial charge is 0.351 e. The van der Waals surface area contributed by atoms with E-state index < -0.39 is 16.3 Å². The van der Waals surface area contributed by atoms with Gasteiger partial charge in [-0.05, 0) is 24.0 Å². The van der Waals surface area contributed by atoms with E-state index in [1.807, 2.05) is 19.9 Å². The van der Waals surface area contributed by atoms with Gasteiger partial charge in [0.2, 0.25) is 5.91 Å². The van der Waals surface area contributed by atoms with Crippen LogP contribution in [0.4, 0.5) is 0 Å². The van der Waals surface area contributed by atoms with Crippen molar-refractivity contribution < 1.29 is 13.2 Å². The van der Waals surface area contributed by atoms with Crippen LogP contribution >= 0.6 is 0 Å². The number of carbonyl (C=O) groups excluding carboxylic acids is 1. The molecular formula is C14H24N4O3S. The normalized spacial score (nSPS) is 13.4. The Hall–Kier alpha value is -1.51. The van der Waals surface area contributed by atoms with Gasteiger partial charge in [0.25, 0.3) is 10.2 Å². The number of nitrogens with zero attached hydrogens (tertiary/aromatic N) is 2. The molecule has 0 saturated heterocycles. The third-order valence-corrected chi connectivity index (χ3v) is 4.53. The summed E-state index contributed by atoms with van der Waals surface area (Å²) in [5.74, 6) is -0.165. The Morgan fingerprint density at radius 2 is 2.05 bits per heavy atom. The van der Waals surface area contributed by atoms with E-state index in [4.69, 9.17) is 0 Å². The monoisotopic (exact) mass is 328 g/mol. The zero-order valence-corrected chi connectivity index (χ0v) is 14.2. The topological polar surface area (TPSA) is 91.4 Å². The predicted molar refractivity (Wildman–Crippen MR) is 85.1 cm³/mol. The molecule has 1 amide bonds. The van der Waals surface area contributed by atoms with Gasteiger partial charge in [0.15, 0.2) is 0 Å². The van der Waals surface area contributed by atoms with E-state index in [1.165, 1.54) is 14.1 Å². The highest BCUT2D eigenvalue weighted by Gasteiger charge is 2.26. The first-order chi connectivity index (χ1) is 10.2. The summed E-state index contributed by atoms with van der Waals surface area (Å²) in [5.41, 5.74) is 0.856. The fraction of sp³-hybridized carbons (Fsp3) is 0.571. The molecule has 0 spiro atoms. The molecule has 0 aromatic carbocycles. The van der Waals surface area contributed by atoms with Crippen molar-refractivity contribution in [3.05, 3.63) is 30.1 Å². The molecular weight excluding hydrogens is 304 g/mol. The van der Waals surface area contributed by atoms with Crippen molar-refractivity contribution in [2.75, 3.05) is 14.1 Å². The number of carbonyl (C=O) groups is 1. The molecule has 1 atom stereocenters. The standard InChI is InChI=1S/C14H24N4O3S/c1-11(2)8-13(17-22(20,21)18(3)4)14(19)16-10-12-6-5-7-15-9-12/h5-7,9,11,13,17H,8,10H2,1-4H3,(H,16,19)/t13-/m0/s1. The molecule has 0 unspecified atom stereocenters. The van der Waals surface area contributed by atoms with Gasteiger partial charge in [-0.2, -0.15) is 17.4 Å². The number of nitrogens with one attached hydrogen (secondary N) is 2. The minimum Gasteiger partial charge on any atom is -0.351 e. The highest BCUT2D eigenvalue weighted by molar-refractivity contribution is 7.87. The van der Waals surface area contributed by atoms with Gasteiger partial charge in [-0.3, -0.25) is 9.78 Å². The SMILES string of the molecule is CC(C)C[C@H](NS(=O)(=O)N(C)C)C(=O)NCc1cccnc1. The van der Waals surface area contributed by atoms with Crippen molar-refractivity contribution in [3.8, 4) is 0 Å². The summed E-state index contributed by atoms with van der Waals surface area (Å²) < 4.78 is 27.3. The zero-order valence-electron chi connectivity index (χ0n) is 13.4. The van der Waals surface area contributed by atoms with Crippen LogP contribution in [0.3, 0.4) is 0 Å². The van der Waals surface area contributed by atoms with Crippen LogP contribution in [0, 0.1) is 5.92 Å². The van der Waals surface area contributed by atoms with E-state index in [0.29, 0.717) is 13.0 Å².